The molecular formula is C19H21N5O. The Morgan fingerprint density at radius 2 is 1.80 bits per heavy atom. The molecule has 3 aromatic rings. The second kappa shape index (κ2) is 7.03. The number of benzene rings is 1. The van der Waals surface area contributed by atoms with E-state index in [0.717, 1.165) is 44.2 Å². The number of para-hydroxylation sites is 1. The van der Waals surface area contributed by atoms with Crippen molar-refractivity contribution < 1.29 is 4.74 Å². The summed E-state index contributed by atoms with van der Waals surface area (Å²) in [5.74, 6) is 1.35. The van der Waals surface area contributed by atoms with Crippen LogP contribution < -0.4 is 9.64 Å². The van der Waals surface area contributed by atoms with Gasteiger partial charge in [0.2, 0.25) is 11.8 Å². The van der Waals surface area contributed by atoms with E-state index in [1.807, 2.05) is 12.3 Å². The lowest BCUT2D eigenvalue weighted by atomic mass is 10.1. The van der Waals surface area contributed by atoms with E-state index < -0.39 is 0 Å². The molecule has 0 bridgehead atoms. The molecular weight excluding hydrogens is 314 g/mol. The molecule has 1 fully saturated rings. The number of methoxy groups -OCH3 is 1. The Labute approximate surface area is 147 Å². The maximum atomic E-state index is 5.19. The molecule has 6 nitrogen and oxygen atoms in total. The zero-order valence-corrected chi connectivity index (χ0v) is 14.3. The van der Waals surface area contributed by atoms with Crippen LogP contribution in [0.15, 0.2) is 48.8 Å². The Morgan fingerprint density at radius 1 is 0.960 bits per heavy atom. The van der Waals surface area contributed by atoms with Crippen LogP contribution in [-0.4, -0.2) is 53.1 Å². The van der Waals surface area contributed by atoms with Gasteiger partial charge in [0.25, 0.3) is 0 Å². The minimum Gasteiger partial charge on any atom is -0.481 e. The molecule has 25 heavy (non-hydrogen) atoms. The lowest BCUT2D eigenvalue weighted by molar-refractivity contribution is 0.249. The van der Waals surface area contributed by atoms with Crippen LogP contribution >= 0.6 is 0 Å². The van der Waals surface area contributed by atoms with Gasteiger partial charge in [0.15, 0.2) is 0 Å². The number of nitrogens with zero attached hydrogens (tertiary/aromatic N) is 5. The maximum absolute atomic E-state index is 5.19. The van der Waals surface area contributed by atoms with Gasteiger partial charge in [0.05, 0.1) is 12.6 Å². The quantitative estimate of drug-likeness (QED) is 0.729. The van der Waals surface area contributed by atoms with E-state index in [4.69, 9.17) is 4.74 Å². The SMILES string of the molecule is COc1ccnc(N2CCN(Cc3cccc4cccnc34)CC2)n1. The largest absolute Gasteiger partial charge is 0.481 e. The van der Waals surface area contributed by atoms with Crippen molar-refractivity contribution in [2.75, 3.05) is 38.2 Å². The smallest absolute Gasteiger partial charge is 0.228 e. The van der Waals surface area contributed by atoms with E-state index in [9.17, 15) is 0 Å². The topological polar surface area (TPSA) is 54.4 Å². The third kappa shape index (κ3) is 3.39. The fourth-order valence-electron chi connectivity index (χ4n) is 3.24. The van der Waals surface area contributed by atoms with Gasteiger partial charge in [0.1, 0.15) is 0 Å². The van der Waals surface area contributed by atoms with Crippen LogP contribution in [0.1, 0.15) is 5.56 Å². The number of hydrogen-bond acceptors (Lipinski definition) is 6. The zero-order chi connectivity index (χ0) is 17.1. The number of aromatic nitrogens is 3. The molecule has 0 N–H and O–H groups in total. The lowest BCUT2D eigenvalue weighted by Crippen LogP contribution is -2.46. The van der Waals surface area contributed by atoms with Crippen molar-refractivity contribution in [3.05, 3.63) is 54.4 Å². The molecule has 2 aromatic heterocycles. The van der Waals surface area contributed by atoms with Gasteiger partial charge in [-0.15, -0.1) is 0 Å². The second-order valence-corrected chi connectivity index (χ2v) is 6.15. The Morgan fingerprint density at radius 3 is 2.64 bits per heavy atom. The first-order chi connectivity index (χ1) is 12.3. The standard InChI is InChI=1S/C19H21N5O/c1-25-17-7-9-21-19(22-17)24-12-10-23(11-13-24)14-16-5-2-4-15-6-3-8-20-18(15)16/h2-9H,10-14H2,1H3. The highest BCUT2D eigenvalue weighted by atomic mass is 16.5. The van der Waals surface area contributed by atoms with Crippen molar-refractivity contribution in [3.63, 3.8) is 0 Å². The van der Waals surface area contributed by atoms with Crippen molar-refractivity contribution in [2.24, 2.45) is 0 Å². The minimum atomic E-state index is 0.606. The monoisotopic (exact) mass is 335 g/mol. The van der Waals surface area contributed by atoms with Crippen molar-refractivity contribution in [2.45, 2.75) is 6.54 Å². The van der Waals surface area contributed by atoms with Crippen LogP contribution in [0.5, 0.6) is 5.88 Å². The number of hydrogen-bond donors (Lipinski definition) is 0. The number of ether oxygens (including phenoxy) is 1. The summed E-state index contributed by atoms with van der Waals surface area (Å²) in [5.41, 5.74) is 2.38. The number of pyridine rings is 1. The Kier molecular flexibility index (Phi) is 4.43. The van der Waals surface area contributed by atoms with Crippen molar-refractivity contribution in [1.82, 2.24) is 19.9 Å². The number of anilines is 1. The fourth-order valence-corrected chi connectivity index (χ4v) is 3.24. The molecule has 0 aliphatic carbocycles. The first-order valence-electron chi connectivity index (χ1n) is 8.50. The molecule has 6 heteroatoms. The summed E-state index contributed by atoms with van der Waals surface area (Å²) in [6.07, 6.45) is 3.61. The molecule has 0 unspecified atom stereocenters. The third-order valence-electron chi connectivity index (χ3n) is 4.59. The fraction of sp³-hybridized carbons (Fsp3) is 0.316. The summed E-state index contributed by atoms with van der Waals surface area (Å²) < 4.78 is 5.19. The van der Waals surface area contributed by atoms with Gasteiger partial charge >= 0.3 is 0 Å². The van der Waals surface area contributed by atoms with Crippen molar-refractivity contribution in [3.8, 4) is 5.88 Å². The molecule has 1 saturated heterocycles. The summed E-state index contributed by atoms with van der Waals surface area (Å²) in [6.45, 7) is 4.69. The Balaban J connectivity index is 1.43. The van der Waals surface area contributed by atoms with Crippen LogP contribution in [-0.2, 0) is 6.54 Å². The molecule has 0 amide bonds. The lowest BCUT2D eigenvalue weighted by Gasteiger charge is -2.34. The van der Waals surface area contributed by atoms with E-state index in [2.05, 4.69) is 49.0 Å². The normalized spacial score (nSPS) is 15.5. The second-order valence-electron chi connectivity index (χ2n) is 6.15. The van der Waals surface area contributed by atoms with Crippen LogP contribution in [0.25, 0.3) is 10.9 Å². The van der Waals surface area contributed by atoms with E-state index in [0.29, 0.717) is 5.88 Å². The first-order valence-corrected chi connectivity index (χ1v) is 8.50. The van der Waals surface area contributed by atoms with E-state index in [-0.39, 0.29) is 0 Å². The highest BCUT2D eigenvalue weighted by Gasteiger charge is 2.20. The van der Waals surface area contributed by atoms with Gasteiger partial charge in [0, 0.05) is 56.6 Å². The summed E-state index contributed by atoms with van der Waals surface area (Å²) in [5, 5.41) is 1.20. The average Bonchev–Trinajstić information content (AvgIpc) is 2.69. The van der Waals surface area contributed by atoms with E-state index in [1.165, 1.54) is 10.9 Å². The average molecular weight is 335 g/mol. The molecule has 1 aliphatic rings. The number of fused-ring (bicyclic) bond motifs is 1. The van der Waals surface area contributed by atoms with Crippen LogP contribution in [0, 0.1) is 0 Å². The predicted molar refractivity (Wildman–Crippen MR) is 97.8 cm³/mol. The summed E-state index contributed by atoms with van der Waals surface area (Å²) >= 11 is 0. The summed E-state index contributed by atoms with van der Waals surface area (Å²) in [7, 11) is 1.63. The van der Waals surface area contributed by atoms with Gasteiger partial charge < -0.3 is 9.64 Å². The summed E-state index contributed by atoms with van der Waals surface area (Å²) in [6, 6.07) is 12.3. The highest BCUT2D eigenvalue weighted by Crippen LogP contribution is 2.19. The van der Waals surface area contributed by atoms with Gasteiger partial charge in [-0.05, 0) is 11.6 Å². The first kappa shape index (κ1) is 15.8. The Bertz CT molecular complexity index is 856. The molecule has 1 aromatic carbocycles. The zero-order valence-electron chi connectivity index (χ0n) is 14.3. The summed E-state index contributed by atoms with van der Waals surface area (Å²) in [4.78, 5) is 18.0. The van der Waals surface area contributed by atoms with E-state index >= 15 is 0 Å². The Hall–Kier alpha value is -2.73. The molecule has 3 heterocycles. The van der Waals surface area contributed by atoms with Crippen molar-refractivity contribution >= 4 is 16.9 Å². The molecule has 1 aliphatic heterocycles. The van der Waals surface area contributed by atoms with Crippen LogP contribution in [0.2, 0.25) is 0 Å². The molecule has 0 spiro atoms. The highest BCUT2D eigenvalue weighted by molar-refractivity contribution is 5.81. The molecule has 0 atom stereocenters. The molecule has 0 radical (unpaired) electrons. The van der Waals surface area contributed by atoms with Crippen molar-refractivity contribution in [1.29, 1.82) is 0 Å². The third-order valence-corrected chi connectivity index (χ3v) is 4.59. The van der Waals surface area contributed by atoms with Gasteiger partial charge in [-0.25, -0.2) is 4.98 Å². The van der Waals surface area contributed by atoms with Gasteiger partial charge in [-0.3, -0.25) is 9.88 Å². The van der Waals surface area contributed by atoms with Gasteiger partial charge in [-0.2, -0.15) is 4.98 Å². The van der Waals surface area contributed by atoms with Crippen LogP contribution in [0.3, 0.4) is 0 Å². The van der Waals surface area contributed by atoms with Gasteiger partial charge in [-0.1, -0.05) is 24.3 Å². The molecule has 4 rings (SSSR count). The van der Waals surface area contributed by atoms with E-state index in [1.54, 1.807) is 19.4 Å². The minimum absolute atomic E-state index is 0.606. The predicted octanol–water partition coefficient (Wildman–Crippen LogP) is 2.36. The maximum Gasteiger partial charge on any atom is 0.228 e. The number of rotatable bonds is 4. The molecule has 0 saturated carbocycles. The number of piperazine rings is 1. The van der Waals surface area contributed by atoms with Crippen LogP contribution in [0.4, 0.5) is 5.95 Å². The molecule has 128 valence electrons.